The van der Waals surface area contributed by atoms with Gasteiger partial charge in [0.25, 0.3) is 11.2 Å². The molecule has 0 N–H and O–H groups in total. The Balaban J connectivity index is 2.40. The number of hydrogen-bond acceptors (Lipinski definition) is 6. The van der Waals surface area contributed by atoms with Gasteiger partial charge in [-0.1, -0.05) is 106 Å². The first-order valence-corrected chi connectivity index (χ1v) is 15.3. The lowest BCUT2D eigenvalue weighted by molar-refractivity contribution is -0.277. The molecule has 0 aromatic heterocycles. The summed E-state index contributed by atoms with van der Waals surface area (Å²) < 4.78 is 106. The van der Waals surface area contributed by atoms with Crippen molar-refractivity contribution in [1.82, 2.24) is 0 Å². The molecule has 0 radical (unpaired) electrons. The average molecular weight is 693 g/mol. The van der Waals surface area contributed by atoms with E-state index in [4.69, 9.17) is 18.9 Å². The molecule has 0 fully saturated rings. The number of hydrogen-bond donors (Lipinski definition) is 0. The van der Waals surface area contributed by atoms with Crippen molar-refractivity contribution in [2.45, 2.75) is 81.2 Å². The quantitative estimate of drug-likeness (QED) is 0.0582. The van der Waals surface area contributed by atoms with Crippen LogP contribution < -0.4 is 0 Å². The highest BCUT2D eigenvalue weighted by molar-refractivity contribution is 5.84. The first-order valence-electron chi connectivity index (χ1n) is 15.3. The Hall–Kier alpha value is -4.52. The number of allylic oxidation sites excluding steroid dienone is 1. The first-order chi connectivity index (χ1) is 23.2. The third-order valence-corrected chi connectivity index (χ3v) is 7.30. The summed E-state index contributed by atoms with van der Waals surface area (Å²) in [5.74, 6) is 5.72. The number of esters is 2. The number of ether oxygens (including phenoxy) is 4. The van der Waals surface area contributed by atoms with E-state index in [2.05, 4.69) is 37.2 Å². The van der Waals surface area contributed by atoms with Crippen molar-refractivity contribution in [3.8, 4) is 23.7 Å². The molecular formula is C37H38F6O6. The molecule has 0 heterocycles. The largest absolute Gasteiger partial charge is 0.442 e. The summed E-state index contributed by atoms with van der Waals surface area (Å²) in [5.41, 5.74) is -8.00. The Morgan fingerprint density at radius 2 is 1.14 bits per heavy atom. The van der Waals surface area contributed by atoms with Crippen molar-refractivity contribution in [3.63, 3.8) is 0 Å². The van der Waals surface area contributed by atoms with Crippen molar-refractivity contribution < 1.29 is 54.9 Å². The second-order valence-corrected chi connectivity index (χ2v) is 10.6. The van der Waals surface area contributed by atoms with Crippen LogP contribution in [0.4, 0.5) is 26.3 Å². The monoisotopic (exact) mass is 692 g/mol. The van der Waals surface area contributed by atoms with E-state index in [1.165, 1.54) is 42.5 Å². The predicted molar refractivity (Wildman–Crippen MR) is 170 cm³/mol. The van der Waals surface area contributed by atoms with Gasteiger partial charge in [-0.05, 0) is 48.7 Å². The van der Waals surface area contributed by atoms with E-state index in [9.17, 15) is 35.9 Å². The van der Waals surface area contributed by atoms with Gasteiger partial charge in [0.05, 0.1) is 0 Å². The Kier molecular flexibility index (Phi) is 15.7. The number of halogens is 6. The van der Waals surface area contributed by atoms with Gasteiger partial charge in [0.2, 0.25) is 0 Å². The van der Waals surface area contributed by atoms with Crippen molar-refractivity contribution in [1.29, 1.82) is 0 Å². The number of carbonyl (C=O) groups excluding carboxylic acids is 2. The second kappa shape index (κ2) is 18.9. The van der Waals surface area contributed by atoms with Gasteiger partial charge in [0.15, 0.2) is 12.2 Å². The summed E-state index contributed by atoms with van der Waals surface area (Å²) in [6.45, 7) is 5.49. The summed E-state index contributed by atoms with van der Waals surface area (Å²) in [7, 11) is 1.43. The molecule has 0 spiro atoms. The van der Waals surface area contributed by atoms with Crippen molar-refractivity contribution in [2.75, 3.05) is 14.2 Å². The molecule has 0 aliphatic rings. The fourth-order valence-electron chi connectivity index (χ4n) is 4.72. The highest BCUT2D eigenvalue weighted by Gasteiger charge is 2.65. The van der Waals surface area contributed by atoms with Crippen LogP contribution in [0.3, 0.4) is 0 Å². The van der Waals surface area contributed by atoms with Gasteiger partial charge in [-0.25, -0.2) is 9.59 Å². The summed E-state index contributed by atoms with van der Waals surface area (Å²) >= 11 is 0. The maximum atomic E-state index is 14.4. The predicted octanol–water partition coefficient (Wildman–Crippen LogP) is 8.13. The molecule has 0 amide bonds. The molecule has 2 rings (SSSR count). The minimum absolute atomic E-state index is 0.515. The van der Waals surface area contributed by atoms with Crippen LogP contribution in [0.1, 0.15) is 56.6 Å². The highest BCUT2D eigenvalue weighted by atomic mass is 19.4. The summed E-state index contributed by atoms with van der Waals surface area (Å²) in [6, 6.07) is 12.4. The van der Waals surface area contributed by atoms with E-state index in [0.717, 1.165) is 69.6 Å². The topological polar surface area (TPSA) is 71.1 Å². The third-order valence-electron chi connectivity index (χ3n) is 7.30. The Bertz CT molecular complexity index is 1520. The van der Waals surface area contributed by atoms with Gasteiger partial charge >= 0.3 is 24.3 Å². The minimum atomic E-state index is -5.23. The number of unbranched alkanes of at least 4 members (excludes halogenated alkanes) is 5. The van der Waals surface area contributed by atoms with Crippen molar-refractivity contribution >= 4 is 11.9 Å². The van der Waals surface area contributed by atoms with Crippen LogP contribution >= 0.6 is 0 Å². The summed E-state index contributed by atoms with van der Waals surface area (Å²) in [6.07, 6.45) is -4.43. The van der Waals surface area contributed by atoms with Gasteiger partial charge in [0, 0.05) is 25.3 Å². The zero-order valence-corrected chi connectivity index (χ0v) is 27.3. The van der Waals surface area contributed by atoms with Crippen molar-refractivity contribution in [2.24, 2.45) is 0 Å². The van der Waals surface area contributed by atoms with Gasteiger partial charge in [-0.15, -0.1) is 0 Å². The van der Waals surface area contributed by atoms with Crippen LogP contribution in [0.5, 0.6) is 0 Å². The first kappa shape index (κ1) is 40.7. The summed E-state index contributed by atoms with van der Waals surface area (Å²) in [5, 5.41) is 0. The number of alkyl halides is 6. The van der Waals surface area contributed by atoms with Crippen LogP contribution in [0.25, 0.3) is 0 Å². The number of carbonyl (C=O) groups is 2. The smallest absolute Gasteiger partial charge is 0.432 e. The van der Waals surface area contributed by atoms with E-state index in [-0.39, 0.29) is 0 Å². The van der Waals surface area contributed by atoms with Crippen molar-refractivity contribution in [3.05, 3.63) is 96.6 Å². The minimum Gasteiger partial charge on any atom is -0.442 e. The lowest BCUT2D eigenvalue weighted by Gasteiger charge is -2.32. The molecule has 2 aromatic rings. The highest BCUT2D eigenvalue weighted by Crippen LogP contribution is 2.44. The van der Waals surface area contributed by atoms with Crippen LogP contribution in [0.2, 0.25) is 0 Å². The second-order valence-electron chi connectivity index (χ2n) is 10.6. The van der Waals surface area contributed by atoms with E-state index in [1.54, 1.807) is 6.08 Å². The number of methoxy groups -OCH3 is 2. The Labute approximate surface area is 282 Å². The molecule has 49 heavy (non-hydrogen) atoms. The number of rotatable bonds is 16. The molecule has 0 aliphatic carbocycles. The molecule has 0 unspecified atom stereocenters. The fraction of sp³-hybridized carbons (Fsp3) is 0.405. The van der Waals surface area contributed by atoms with E-state index < -0.39 is 58.8 Å². The van der Waals surface area contributed by atoms with Gasteiger partial charge in [-0.2, -0.15) is 26.3 Å². The molecule has 0 saturated carbocycles. The van der Waals surface area contributed by atoms with E-state index in [0.29, 0.717) is 13.5 Å². The third kappa shape index (κ3) is 10.2. The van der Waals surface area contributed by atoms with Crippen LogP contribution in [-0.4, -0.2) is 50.7 Å². The summed E-state index contributed by atoms with van der Waals surface area (Å²) in [4.78, 5) is 26.1. The maximum absolute atomic E-state index is 14.4. The average Bonchev–Trinajstić information content (AvgIpc) is 3.06. The zero-order valence-electron chi connectivity index (χ0n) is 27.3. The SMILES string of the molecule is C=C[C@@H](C#CC#C[C@H](/C=C\CCCCCCC)OC(=O)[C@](OC)(c1ccccc1)C(F)(F)F)OC(=O)[C@](OC)(c1ccccc1)C(F)(F)F. The molecule has 264 valence electrons. The fourth-order valence-corrected chi connectivity index (χ4v) is 4.72. The molecular weight excluding hydrogens is 654 g/mol. The van der Waals surface area contributed by atoms with E-state index in [1.807, 2.05) is 0 Å². The Morgan fingerprint density at radius 1 is 0.714 bits per heavy atom. The molecule has 12 heteroatoms. The van der Waals surface area contributed by atoms with Crippen LogP contribution in [-0.2, 0) is 39.7 Å². The lowest BCUT2D eigenvalue weighted by Crippen LogP contribution is -2.52. The standard InChI is InChI=1S/C37H38F6O6/c1-5-7-8-9-10-11-18-26-31(49-33(45)35(47-4,37(41,42)43)29-23-16-13-17-24-29)27-20-19-25-30(6-2)48-32(44)34(46-3,36(38,39)40)28-21-14-12-15-22-28/h6,12-18,21-24,26,30-31H,2,5,7-11H2,1,3-4H3/b26-18-/t30-,31-,34+,35+/m0/s1. The molecule has 0 bridgehead atoms. The lowest BCUT2D eigenvalue weighted by atomic mass is 9.92. The van der Waals surface area contributed by atoms with Gasteiger partial charge < -0.3 is 18.9 Å². The zero-order chi connectivity index (χ0) is 36.6. The van der Waals surface area contributed by atoms with Gasteiger partial charge in [0.1, 0.15) is 0 Å². The maximum Gasteiger partial charge on any atom is 0.432 e. The molecule has 2 aromatic carbocycles. The molecule has 0 aliphatic heterocycles. The molecule has 4 atom stereocenters. The molecule has 0 saturated heterocycles. The van der Waals surface area contributed by atoms with E-state index >= 15 is 0 Å². The Morgan fingerprint density at radius 3 is 1.55 bits per heavy atom. The van der Waals surface area contributed by atoms with Gasteiger partial charge in [-0.3, -0.25) is 0 Å². The van der Waals surface area contributed by atoms with Crippen LogP contribution in [0.15, 0.2) is 85.5 Å². The number of benzene rings is 2. The molecule has 6 nitrogen and oxygen atoms in total. The van der Waals surface area contributed by atoms with Crippen LogP contribution in [0, 0.1) is 23.7 Å². The normalized spacial score (nSPS) is 15.3.